The molecular formula is C11H12FN5O2. The molecule has 0 unspecified atom stereocenters. The molecule has 0 saturated heterocycles. The molecule has 0 radical (unpaired) electrons. The predicted molar refractivity (Wildman–Crippen MR) is 63.9 cm³/mol. The van der Waals surface area contributed by atoms with Crippen LogP contribution in [0.15, 0.2) is 18.2 Å². The zero-order chi connectivity index (χ0) is 13.8. The number of aromatic nitrogens is 4. The Kier molecular flexibility index (Phi) is 3.69. The first-order valence-corrected chi connectivity index (χ1v) is 5.45. The van der Waals surface area contributed by atoms with Crippen LogP contribution in [0.3, 0.4) is 0 Å². The Morgan fingerprint density at radius 3 is 2.95 bits per heavy atom. The topological polar surface area (TPSA) is 81.9 Å². The number of nitrogens with one attached hydrogen (secondary N) is 1. The normalized spacial score (nSPS) is 10.3. The molecule has 0 aliphatic rings. The summed E-state index contributed by atoms with van der Waals surface area (Å²) in [4.78, 5) is 12.6. The summed E-state index contributed by atoms with van der Waals surface area (Å²) in [6.45, 7) is 0.204. The molecule has 0 aliphatic carbocycles. The molecule has 8 heteroatoms. The lowest BCUT2D eigenvalue weighted by Crippen LogP contribution is -2.07. The number of benzene rings is 1. The summed E-state index contributed by atoms with van der Waals surface area (Å²) in [6, 6.07) is 3.92. The van der Waals surface area contributed by atoms with Crippen LogP contribution in [0.5, 0.6) is 0 Å². The van der Waals surface area contributed by atoms with E-state index in [0.717, 1.165) is 0 Å². The summed E-state index contributed by atoms with van der Waals surface area (Å²) in [5.41, 5.74) is 0.439. The summed E-state index contributed by atoms with van der Waals surface area (Å²) in [7, 11) is 2.90. The van der Waals surface area contributed by atoms with Crippen molar-refractivity contribution in [1.82, 2.24) is 20.2 Å². The van der Waals surface area contributed by atoms with Crippen molar-refractivity contribution in [2.24, 2.45) is 7.05 Å². The van der Waals surface area contributed by atoms with Crippen LogP contribution in [0.1, 0.15) is 16.2 Å². The van der Waals surface area contributed by atoms with Gasteiger partial charge in [0.1, 0.15) is 5.82 Å². The molecule has 1 N–H and O–H groups in total. The number of anilines is 1. The maximum Gasteiger partial charge on any atom is 0.337 e. The van der Waals surface area contributed by atoms with E-state index in [0.29, 0.717) is 5.82 Å². The minimum Gasteiger partial charge on any atom is -0.465 e. The Morgan fingerprint density at radius 2 is 2.32 bits per heavy atom. The summed E-state index contributed by atoms with van der Waals surface area (Å²) < 4.78 is 18.1. The monoisotopic (exact) mass is 265 g/mol. The van der Waals surface area contributed by atoms with Gasteiger partial charge in [-0.05, 0) is 23.4 Å². The average Bonchev–Trinajstić information content (AvgIpc) is 2.82. The first kappa shape index (κ1) is 12.9. The van der Waals surface area contributed by atoms with Crippen molar-refractivity contribution in [3.05, 3.63) is 35.4 Å². The molecule has 19 heavy (non-hydrogen) atoms. The molecule has 1 heterocycles. The van der Waals surface area contributed by atoms with E-state index in [9.17, 15) is 9.18 Å². The number of methoxy groups -OCH3 is 1. The number of carbonyl (C=O) groups excluding carboxylic acids is 1. The summed E-state index contributed by atoms with van der Waals surface area (Å²) in [5.74, 6) is -0.581. The van der Waals surface area contributed by atoms with Gasteiger partial charge in [-0.3, -0.25) is 0 Å². The van der Waals surface area contributed by atoms with Crippen molar-refractivity contribution < 1.29 is 13.9 Å². The number of nitrogens with zero attached hydrogens (tertiary/aromatic N) is 4. The van der Waals surface area contributed by atoms with Crippen LogP contribution in [0.4, 0.5) is 10.1 Å². The number of rotatable bonds is 4. The van der Waals surface area contributed by atoms with Gasteiger partial charge in [-0.1, -0.05) is 0 Å². The molecule has 0 fully saturated rings. The van der Waals surface area contributed by atoms with Gasteiger partial charge in [0.2, 0.25) is 0 Å². The van der Waals surface area contributed by atoms with Gasteiger partial charge in [-0.2, -0.15) is 4.80 Å². The second-order valence-electron chi connectivity index (χ2n) is 3.73. The van der Waals surface area contributed by atoms with Crippen LogP contribution in [-0.2, 0) is 18.3 Å². The van der Waals surface area contributed by atoms with E-state index in [2.05, 4.69) is 25.5 Å². The number of hydrogen-bond acceptors (Lipinski definition) is 6. The highest BCUT2D eigenvalue weighted by Crippen LogP contribution is 2.17. The Morgan fingerprint density at radius 1 is 1.53 bits per heavy atom. The minimum absolute atomic E-state index is 0.176. The van der Waals surface area contributed by atoms with E-state index in [-0.39, 0.29) is 17.8 Å². The third-order valence-corrected chi connectivity index (χ3v) is 2.37. The maximum atomic E-state index is 13.6. The van der Waals surface area contributed by atoms with Crippen molar-refractivity contribution in [2.45, 2.75) is 6.54 Å². The SMILES string of the molecule is COC(=O)c1ccc(F)c(NCc2nnn(C)n2)c1. The maximum absolute atomic E-state index is 13.6. The molecule has 0 amide bonds. The number of carbonyl (C=O) groups is 1. The molecule has 2 aromatic rings. The highest BCUT2D eigenvalue weighted by atomic mass is 19.1. The van der Waals surface area contributed by atoms with E-state index >= 15 is 0 Å². The minimum atomic E-state index is -0.527. The highest BCUT2D eigenvalue weighted by molar-refractivity contribution is 5.90. The van der Waals surface area contributed by atoms with Gasteiger partial charge in [0, 0.05) is 0 Å². The lowest BCUT2D eigenvalue weighted by atomic mass is 10.2. The van der Waals surface area contributed by atoms with Crippen LogP contribution in [0.2, 0.25) is 0 Å². The van der Waals surface area contributed by atoms with Gasteiger partial charge < -0.3 is 10.1 Å². The molecular weight excluding hydrogens is 253 g/mol. The van der Waals surface area contributed by atoms with Crippen LogP contribution in [0, 0.1) is 5.82 Å². The van der Waals surface area contributed by atoms with Crippen LogP contribution < -0.4 is 5.32 Å². The van der Waals surface area contributed by atoms with Crippen LogP contribution in [0.25, 0.3) is 0 Å². The van der Waals surface area contributed by atoms with Crippen molar-refractivity contribution >= 4 is 11.7 Å². The number of hydrogen-bond donors (Lipinski definition) is 1. The van der Waals surface area contributed by atoms with Crippen molar-refractivity contribution in [3.8, 4) is 0 Å². The van der Waals surface area contributed by atoms with E-state index in [1.54, 1.807) is 7.05 Å². The van der Waals surface area contributed by atoms with Gasteiger partial charge in [-0.15, -0.1) is 10.2 Å². The molecule has 1 aromatic heterocycles. The lowest BCUT2D eigenvalue weighted by Gasteiger charge is -2.07. The largest absolute Gasteiger partial charge is 0.465 e. The van der Waals surface area contributed by atoms with E-state index in [4.69, 9.17) is 0 Å². The third kappa shape index (κ3) is 3.03. The average molecular weight is 265 g/mol. The smallest absolute Gasteiger partial charge is 0.337 e. The predicted octanol–water partition coefficient (Wildman–Crippen LogP) is 0.748. The Hall–Kier alpha value is -2.51. The Labute approximate surface area is 108 Å². The lowest BCUT2D eigenvalue weighted by molar-refractivity contribution is 0.0600. The molecule has 0 saturated carbocycles. The van der Waals surface area contributed by atoms with Gasteiger partial charge in [0.15, 0.2) is 5.82 Å². The van der Waals surface area contributed by atoms with Gasteiger partial charge in [0.25, 0.3) is 0 Å². The first-order chi connectivity index (χ1) is 9.10. The summed E-state index contributed by atoms with van der Waals surface area (Å²) in [5, 5.41) is 14.2. The standard InChI is InChI=1S/C11H12FN5O2/c1-17-15-10(14-16-17)6-13-9-5-7(11(18)19-2)3-4-8(9)12/h3-5,13H,6H2,1-2H3. The van der Waals surface area contributed by atoms with Crippen molar-refractivity contribution in [2.75, 3.05) is 12.4 Å². The second kappa shape index (κ2) is 5.42. The van der Waals surface area contributed by atoms with Crippen LogP contribution in [-0.4, -0.2) is 33.3 Å². The molecule has 100 valence electrons. The molecule has 0 aliphatic heterocycles. The zero-order valence-electron chi connectivity index (χ0n) is 10.4. The Bertz CT molecular complexity index is 599. The molecule has 2 rings (SSSR count). The van der Waals surface area contributed by atoms with Gasteiger partial charge in [0.05, 0.1) is 32.0 Å². The number of aryl methyl sites for hydroxylation is 1. The fourth-order valence-electron chi connectivity index (χ4n) is 1.47. The number of halogens is 1. The van der Waals surface area contributed by atoms with Crippen molar-refractivity contribution in [3.63, 3.8) is 0 Å². The molecule has 7 nitrogen and oxygen atoms in total. The molecule has 0 bridgehead atoms. The zero-order valence-corrected chi connectivity index (χ0v) is 10.4. The fourth-order valence-corrected chi connectivity index (χ4v) is 1.47. The highest BCUT2D eigenvalue weighted by Gasteiger charge is 2.10. The Balaban J connectivity index is 2.12. The second-order valence-corrected chi connectivity index (χ2v) is 3.73. The number of ether oxygens (including phenoxy) is 1. The summed E-state index contributed by atoms with van der Waals surface area (Å²) in [6.07, 6.45) is 0. The quantitative estimate of drug-likeness (QED) is 0.821. The third-order valence-electron chi connectivity index (χ3n) is 2.37. The molecule has 0 spiro atoms. The van der Waals surface area contributed by atoms with Crippen LogP contribution >= 0.6 is 0 Å². The van der Waals surface area contributed by atoms with Crippen molar-refractivity contribution in [1.29, 1.82) is 0 Å². The number of tetrazole rings is 1. The summed E-state index contributed by atoms with van der Waals surface area (Å²) >= 11 is 0. The van der Waals surface area contributed by atoms with Gasteiger partial charge >= 0.3 is 5.97 Å². The molecule has 1 aromatic carbocycles. The van der Waals surface area contributed by atoms with E-state index in [1.807, 2.05) is 0 Å². The van der Waals surface area contributed by atoms with E-state index < -0.39 is 11.8 Å². The first-order valence-electron chi connectivity index (χ1n) is 5.45. The fraction of sp³-hybridized carbons (Fsp3) is 0.273. The molecule has 0 atom stereocenters. The van der Waals surface area contributed by atoms with E-state index in [1.165, 1.54) is 30.1 Å². The van der Waals surface area contributed by atoms with Gasteiger partial charge in [-0.25, -0.2) is 9.18 Å². The number of esters is 1.